The first-order chi connectivity index (χ1) is 11.8. The molecule has 25 heavy (non-hydrogen) atoms. The number of aliphatic imine (C=N–C) groups is 1. The summed E-state index contributed by atoms with van der Waals surface area (Å²) in [6, 6.07) is 8.54. The van der Waals surface area contributed by atoms with E-state index in [0.717, 1.165) is 30.9 Å². The molecule has 1 aliphatic carbocycles. The van der Waals surface area contributed by atoms with E-state index in [-0.39, 0.29) is 24.0 Å². The number of hydrogen-bond donors (Lipinski definition) is 1. The molecule has 2 atom stereocenters. The van der Waals surface area contributed by atoms with E-state index >= 15 is 0 Å². The largest absolute Gasteiger partial charge is 0.380 e. The zero-order chi connectivity index (χ0) is 16.8. The van der Waals surface area contributed by atoms with Crippen molar-refractivity contribution in [1.82, 2.24) is 10.2 Å². The summed E-state index contributed by atoms with van der Waals surface area (Å²) in [6.45, 7) is 6.82. The lowest BCUT2D eigenvalue weighted by atomic mass is 9.82. The van der Waals surface area contributed by atoms with Gasteiger partial charge in [0.2, 0.25) is 0 Å². The molecule has 3 rings (SSSR count). The first kappa shape index (κ1) is 20.5. The molecule has 1 heterocycles. The molecule has 2 fully saturated rings. The predicted octanol–water partition coefficient (Wildman–Crippen LogP) is 4.04. The van der Waals surface area contributed by atoms with Crippen molar-refractivity contribution in [3.63, 3.8) is 0 Å². The molecule has 140 valence electrons. The van der Waals surface area contributed by atoms with E-state index < -0.39 is 0 Å². The molecular formula is C20H32IN3O. The quantitative estimate of drug-likeness (QED) is 0.412. The van der Waals surface area contributed by atoms with Gasteiger partial charge in [0.15, 0.2) is 5.96 Å². The van der Waals surface area contributed by atoms with Crippen LogP contribution in [-0.2, 0) is 17.9 Å². The van der Waals surface area contributed by atoms with E-state index in [0.29, 0.717) is 6.61 Å². The first-order valence-electron chi connectivity index (χ1n) is 9.40. The lowest BCUT2D eigenvalue weighted by Gasteiger charge is -2.22. The minimum atomic E-state index is 0. The summed E-state index contributed by atoms with van der Waals surface area (Å²) in [6.07, 6.45) is 5.63. The van der Waals surface area contributed by atoms with Crippen LogP contribution in [-0.4, -0.2) is 37.6 Å². The van der Waals surface area contributed by atoms with E-state index in [1.807, 2.05) is 0 Å². The van der Waals surface area contributed by atoms with Gasteiger partial charge in [-0.25, -0.2) is 4.99 Å². The molecule has 1 aromatic carbocycles. The number of hydrogen-bond acceptors (Lipinski definition) is 2. The SMILES string of the molecule is CCNC(=NCc1cccc(COC)c1)N1CC2CCCCC2C1.I. The van der Waals surface area contributed by atoms with Gasteiger partial charge in [0, 0.05) is 26.7 Å². The summed E-state index contributed by atoms with van der Waals surface area (Å²) >= 11 is 0. The van der Waals surface area contributed by atoms with Crippen LogP contribution in [0, 0.1) is 11.8 Å². The molecule has 0 amide bonds. The topological polar surface area (TPSA) is 36.9 Å². The lowest BCUT2D eigenvalue weighted by Crippen LogP contribution is -2.40. The Kier molecular flexibility index (Phi) is 8.49. The molecule has 0 bridgehead atoms. The monoisotopic (exact) mass is 457 g/mol. The van der Waals surface area contributed by atoms with Crippen LogP contribution in [0.3, 0.4) is 0 Å². The van der Waals surface area contributed by atoms with Crippen molar-refractivity contribution in [3.8, 4) is 0 Å². The second kappa shape index (κ2) is 10.4. The standard InChI is InChI=1S/C20H31N3O.HI/c1-3-21-20(23-13-18-9-4-5-10-19(18)14-23)22-12-16-7-6-8-17(11-16)15-24-2;/h6-8,11,18-19H,3-5,9-10,12-15H2,1-2H3,(H,21,22);1H. The molecule has 0 aromatic heterocycles. The van der Waals surface area contributed by atoms with Crippen LogP contribution >= 0.6 is 24.0 Å². The van der Waals surface area contributed by atoms with E-state index in [2.05, 4.69) is 41.4 Å². The number of nitrogens with zero attached hydrogens (tertiary/aromatic N) is 2. The summed E-state index contributed by atoms with van der Waals surface area (Å²) in [5, 5.41) is 3.50. The minimum absolute atomic E-state index is 0. The summed E-state index contributed by atoms with van der Waals surface area (Å²) in [5.74, 6) is 2.85. The second-order valence-corrected chi connectivity index (χ2v) is 7.13. The Hall–Kier alpha value is -0.820. The Bertz CT molecular complexity index is 550. The van der Waals surface area contributed by atoms with Gasteiger partial charge in [0.25, 0.3) is 0 Å². The highest BCUT2D eigenvalue weighted by atomic mass is 127. The number of fused-ring (bicyclic) bond motifs is 1. The van der Waals surface area contributed by atoms with E-state index in [4.69, 9.17) is 9.73 Å². The average Bonchev–Trinajstić information content (AvgIpc) is 3.03. The Labute approximate surface area is 169 Å². The summed E-state index contributed by atoms with van der Waals surface area (Å²) in [5.41, 5.74) is 2.46. The van der Waals surface area contributed by atoms with Crippen molar-refractivity contribution in [2.45, 2.75) is 45.8 Å². The fourth-order valence-electron chi connectivity index (χ4n) is 4.16. The number of guanidine groups is 1. The third-order valence-corrected chi connectivity index (χ3v) is 5.32. The zero-order valence-corrected chi connectivity index (χ0v) is 17.9. The molecule has 2 aliphatic rings. The first-order valence-corrected chi connectivity index (χ1v) is 9.40. The molecule has 1 saturated heterocycles. The van der Waals surface area contributed by atoms with Gasteiger partial charge >= 0.3 is 0 Å². The highest BCUT2D eigenvalue weighted by molar-refractivity contribution is 14.0. The molecule has 1 saturated carbocycles. The predicted molar refractivity (Wildman–Crippen MR) is 114 cm³/mol. The molecule has 2 unspecified atom stereocenters. The Morgan fingerprint density at radius 3 is 2.52 bits per heavy atom. The molecule has 4 nitrogen and oxygen atoms in total. The van der Waals surface area contributed by atoms with Crippen LogP contribution in [0.5, 0.6) is 0 Å². The third-order valence-electron chi connectivity index (χ3n) is 5.32. The van der Waals surface area contributed by atoms with Crippen LogP contribution in [0.1, 0.15) is 43.7 Å². The number of nitrogens with one attached hydrogen (secondary N) is 1. The number of likely N-dealkylation sites (tertiary alicyclic amines) is 1. The molecule has 1 aromatic rings. The van der Waals surface area contributed by atoms with Gasteiger partial charge in [-0.05, 0) is 42.7 Å². The van der Waals surface area contributed by atoms with Crippen LogP contribution in [0.25, 0.3) is 0 Å². The fourth-order valence-corrected chi connectivity index (χ4v) is 4.16. The summed E-state index contributed by atoms with van der Waals surface area (Å²) in [7, 11) is 1.74. The zero-order valence-electron chi connectivity index (χ0n) is 15.5. The van der Waals surface area contributed by atoms with E-state index in [9.17, 15) is 0 Å². The fraction of sp³-hybridized carbons (Fsp3) is 0.650. The maximum Gasteiger partial charge on any atom is 0.194 e. The van der Waals surface area contributed by atoms with Crippen molar-refractivity contribution < 1.29 is 4.74 Å². The van der Waals surface area contributed by atoms with Crippen LogP contribution in [0.15, 0.2) is 29.3 Å². The van der Waals surface area contributed by atoms with Crippen LogP contribution in [0.2, 0.25) is 0 Å². The van der Waals surface area contributed by atoms with Crippen molar-refractivity contribution in [1.29, 1.82) is 0 Å². The number of benzene rings is 1. The Morgan fingerprint density at radius 2 is 1.88 bits per heavy atom. The lowest BCUT2D eigenvalue weighted by molar-refractivity contribution is 0.185. The van der Waals surface area contributed by atoms with E-state index in [1.54, 1.807) is 7.11 Å². The van der Waals surface area contributed by atoms with Crippen molar-refractivity contribution in [2.24, 2.45) is 16.8 Å². The minimum Gasteiger partial charge on any atom is -0.380 e. The van der Waals surface area contributed by atoms with Crippen LogP contribution < -0.4 is 5.32 Å². The highest BCUT2D eigenvalue weighted by Gasteiger charge is 2.35. The summed E-state index contributed by atoms with van der Waals surface area (Å²) < 4.78 is 5.23. The van der Waals surface area contributed by atoms with Gasteiger partial charge < -0.3 is 15.0 Å². The Morgan fingerprint density at radius 1 is 1.20 bits per heavy atom. The van der Waals surface area contributed by atoms with Gasteiger partial charge in [-0.3, -0.25) is 0 Å². The molecular weight excluding hydrogens is 425 g/mol. The second-order valence-electron chi connectivity index (χ2n) is 7.13. The maximum absolute atomic E-state index is 5.23. The number of ether oxygens (including phenoxy) is 1. The number of methoxy groups -OCH3 is 1. The molecule has 1 aliphatic heterocycles. The third kappa shape index (κ3) is 5.58. The molecule has 5 heteroatoms. The highest BCUT2D eigenvalue weighted by Crippen LogP contribution is 2.35. The normalized spacial score (nSPS) is 23.1. The van der Waals surface area contributed by atoms with Crippen molar-refractivity contribution >= 4 is 29.9 Å². The van der Waals surface area contributed by atoms with Gasteiger partial charge in [0.05, 0.1) is 13.2 Å². The number of rotatable bonds is 5. The van der Waals surface area contributed by atoms with Gasteiger partial charge in [-0.2, -0.15) is 0 Å². The summed E-state index contributed by atoms with van der Waals surface area (Å²) in [4.78, 5) is 7.40. The van der Waals surface area contributed by atoms with E-state index in [1.165, 1.54) is 49.9 Å². The molecule has 0 radical (unpaired) electrons. The number of halogens is 1. The average molecular weight is 457 g/mol. The van der Waals surface area contributed by atoms with Crippen molar-refractivity contribution in [2.75, 3.05) is 26.7 Å². The Balaban J connectivity index is 0.00000225. The van der Waals surface area contributed by atoms with Gasteiger partial charge in [0.1, 0.15) is 0 Å². The van der Waals surface area contributed by atoms with Gasteiger partial charge in [-0.1, -0.05) is 37.1 Å². The molecule has 1 N–H and O–H groups in total. The maximum atomic E-state index is 5.23. The molecule has 0 spiro atoms. The smallest absolute Gasteiger partial charge is 0.194 e. The van der Waals surface area contributed by atoms with Crippen LogP contribution in [0.4, 0.5) is 0 Å². The van der Waals surface area contributed by atoms with Crippen molar-refractivity contribution in [3.05, 3.63) is 35.4 Å². The van der Waals surface area contributed by atoms with Gasteiger partial charge in [-0.15, -0.1) is 24.0 Å².